The van der Waals surface area contributed by atoms with Gasteiger partial charge in [-0.25, -0.2) is 13.4 Å². The highest BCUT2D eigenvalue weighted by Gasteiger charge is 2.29. The van der Waals surface area contributed by atoms with Crippen LogP contribution in [0.5, 0.6) is 0 Å². The number of rotatable bonds is 3. The molecule has 3 rings (SSSR count). The fraction of sp³-hybridized carbons (Fsp3) is 0.385. The van der Waals surface area contributed by atoms with Crippen molar-refractivity contribution >= 4 is 9.84 Å². The monoisotopic (exact) mass is 277 g/mol. The predicted molar refractivity (Wildman–Crippen MR) is 71.5 cm³/mol. The van der Waals surface area contributed by atoms with E-state index in [0.717, 1.165) is 11.4 Å². The highest BCUT2D eigenvalue weighted by molar-refractivity contribution is 7.90. The van der Waals surface area contributed by atoms with Gasteiger partial charge in [-0.15, -0.1) is 0 Å². The van der Waals surface area contributed by atoms with Crippen LogP contribution in [-0.2, 0) is 16.9 Å². The fourth-order valence-corrected chi connectivity index (χ4v) is 2.70. The van der Waals surface area contributed by atoms with Crippen LogP contribution in [0.2, 0.25) is 0 Å². The minimum Gasteiger partial charge on any atom is -0.252 e. The van der Waals surface area contributed by atoms with Crippen molar-refractivity contribution in [2.24, 2.45) is 7.05 Å². The van der Waals surface area contributed by atoms with Crippen LogP contribution in [0.1, 0.15) is 24.6 Å². The van der Waals surface area contributed by atoms with Crippen molar-refractivity contribution in [2.45, 2.75) is 23.7 Å². The average Bonchev–Trinajstić information content (AvgIpc) is 3.12. The molecule has 0 unspecified atom stereocenters. The largest absolute Gasteiger partial charge is 0.252 e. The third kappa shape index (κ3) is 2.40. The maximum absolute atomic E-state index is 11.4. The third-order valence-electron chi connectivity index (χ3n) is 3.28. The zero-order valence-electron chi connectivity index (χ0n) is 10.9. The molecule has 1 aromatic heterocycles. The van der Waals surface area contributed by atoms with Crippen LogP contribution in [-0.4, -0.2) is 29.4 Å². The summed E-state index contributed by atoms with van der Waals surface area (Å²) in [6.45, 7) is 0. The molecule has 6 heteroatoms. The minimum atomic E-state index is -3.15. The molecular formula is C13H15N3O2S. The van der Waals surface area contributed by atoms with Crippen LogP contribution in [0.4, 0.5) is 0 Å². The van der Waals surface area contributed by atoms with Crippen LogP contribution >= 0.6 is 0 Å². The van der Waals surface area contributed by atoms with Crippen molar-refractivity contribution < 1.29 is 8.42 Å². The molecule has 1 heterocycles. The van der Waals surface area contributed by atoms with E-state index in [-0.39, 0.29) is 0 Å². The third-order valence-corrected chi connectivity index (χ3v) is 4.41. The van der Waals surface area contributed by atoms with Gasteiger partial charge in [0.15, 0.2) is 15.7 Å². The summed E-state index contributed by atoms with van der Waals surface area (Å²) in [6.07, 6.45) is 3.56. The van der Waals surface area contributed by atoms with Gasteiger partial charge in [-0.05, 0) is 37.1 Å². The summed E-state index contributed by atoms with van der Waals surface area (Å²) in [5, 5.41) is 4.39. The van der Waals surface area contributed by atoms with Crippen LogP contribution in [0, 0.1) is 0 Å². The smallest absolute Gasteiger partial charge is 0.181 e. The maximum atomic E-state index is 11.4. The quantitative estimate of drug-likeness (QED) is 0.857. The van der Waals surface area contributed by atoms with Gasteiger partial charge in [-0.1, -0.05) is 0 Å². The lowest BCUT2D eigenvalue weighted by molar-refractivity contribution is 0.602. The second kappa shape index (κ2) is 4.16. The summed E-state index contributed by atoms with van der Waals surface area (Å²) in [4.78, 5) is 4.85. The Hall–Kier alpha value is -1.69. The van der Waals surface area contributed by atoms with Gasteiger partial charge in [0, 0.05) is 24.8 Å². The summed E-state index contributed by atoms with van der Waals surface area (Å²) in [5.74, 6) is 2.22. The van der Waals surface area contributed by atoms with E-state index < -0.39 is 9.84 Å². The van der Waals surface area contributed by atoms with Crippen molar-refractivity contribution in [1.29, 1.82) is 0 Å². The Balaban J connectivity index is 1.96. The molecule has 1 aliphatic carbocycles. The van der Waals surface area contributed by atoms with E-state index in [1.165, 1.54) is 19.1 Å². The summed E-state index contributed by atoms with van der Waals surface area (Å²) in [5.41, 5.74) is 0.843. The number of aromatic nitrogens is 3. The lowest BCUT2D eigenvalue weighted by Gasteiger charge is -1.99. The van der Waals surface area contributed by atoms with E-state index >= 15 is 0 Å². The molecular weight excluding hydrogens is 262 g/mol. The average molecular weight is 277 g/mol. The highest BCUT2D eigenvalue weighted by Crippen LogP contribution is 2.39. The van der Waals surface area contributed by atoms with Gasteiger partial charge in [-0.3, -0.25) is 4.68 Å². The first-order chi connectivity index (χ1) is 8.95. The number of nitrogens with zero attached hydrogens (tertiary/aromatic N) is 3. The van der Waals surface area contributed by atoms with Crippen LogP contribution in [0.25, 0.3) is 11.4 Å². The van der Waals surface area contributed by atoms with Crippen molar-refractivity contribution in [2.75, 3.05) is 6.26 Å². The highest BCUT2D eigenvalue weighted by atomic mass is 32.2. The van der Waals surface area contributed by atoms with Gasteiger partial charge in [0.25, 0.3) is 0 Å². The van der Waals surface area contributed by atoms with E-state index in [1.807, 2.05) is 11.7 Å². The molecule has 0 aliphatic heterocycles. The number of benzene rings is 1. The first-order valence-corrected chi connectivity index (χ1v) is 8.06. The van der Waals surface area contributed by atoms with Gasteiger partial charge in [0.2, 0.25) is 0 Å². The van der Waals surface area contributed by atoms with Gasteiger partial charge in [0.1, 0.15) is 5.82 Å². The zero-order valence-corrected chi connectivity index (χ0v) is 11.7. The first-order valence-electron chi connectivity index (χ1n) is 6.16. The van der Waals surface area contributed by atoms with Gasteiger partial charge >= 0.3 is 0 Å². The first kappa shape index (κ1) is 12.3. The molecule has 19 heavy (non-hydrogen) atoms. The topological polar surface area (TPSA) is 64.8 Å². The Labute approximate surface area is 112 Å². The zero-order chi connectivity index (χ0) is 13.6. The van der Waals surface area contributed by atoms with E-state index in [4.69, 9.17) is 0 Å². The molecule has 0 bridgehead atoms. The molecule has 1 aliphatic rings. The maximum Gasteiger partial charge on any atom is 0.181 e. The predicted octanol–water partition coefficient (Wildman–Crippen LogP) is 1.76. The van der Waals surface area contributed by atoms with Gasteiger partial charge in [-0.2, -0.15) is 5.10 Å². The molecule has 0 amide bonds. The van der Waals surface area contributed by atoms with E-state index in [2.05, 4.69) is 10.1 Å². The van der Waals surface area contributed by atoms with Crippen molar-refractivity contribution in [3.63, 3.8) is 0 Å². The van der Waals surface area contributed by atoms with Crippen LogP contribution < -0.4 is 0 Å². The summed E-state index contributed by atoms with van der Waals surface area (Å²) >= 11 is 0. The summed E-state index contributed by atoms with van der Waals surface area (Å²) < 4.78 is 24.6. The Morgan fingerprint density at radius 1 is 1.21 bits per heavy atom. The Morgan fingerprint density at radius 2 is 1.84 bits per heavy atom. The lowest BCUT2D eigenvalue weighted by atomic mass is 10.2. The molecule has 1 aromatic carbocycles. The van der Waals surface area contributed by atoms with Crippen LogP contribution in [0.3, 0.4) is 0 Å². The lowest BCUT2D eigenvalue weighted by Crippen LogP contribution is -1.97. The summed E-state index contributed by atoms with van der Waals surface area (Å²) in [6, 6.07) is 6.69. The Morgan fingerprint density at radius 3 is 2.37 bits per heavy atom. The molecule has 1 fully saturated rings. The molecule has 0 radical (unpaired) electrons. The number of hydrogen-bond acceptors (Lipinski definition) is 4. The number of sulfone groups is 1. The van der Waals surface area contributed by atoms with E-state index in [9.17, 15) is 8.42 Å². The molecule has 0 atom stereocenters. The van der Waals surface area contributed by atoms with Gasteiger partial charge < -0.3 is 0 Å². The van der Waals surface area contributed by atoms with Crippen molar-refractivity contribution in [3.8, 4) is 11.4 Å². The molecule has 100 valence electrons. The van der Waals surface area contributed by atoms with E-state index in [1.54, 1.807) is 24.3 Å². The minimum absolute atomic E-state index is 0.314. The molecule has 1 saturated carbocycles. The standard InChI is InChI=1S/C13H15N3O2S/c1-16-13(10-3-4-10)14-12(15-16)9-5-7-11(8-6-9)19(2,17)18/h5-8,10H,3-4H2,1-2H3. The second-order valence-corrected chi connectivity index (χ2v) is 7.00. The second-order valence-electron chi connectivity index (χ2n) is 4.99. The molecule has 0 N–H and O–H groups in total. The molecule has 2 aromatic rings. The van der Waals surface area contributed by atoms with Crippen LogP contribution in [0.15, 0.2) is 29.2 Å². The number of hydrogen-bond donors (Lipinski definition) is 0. The van der Waals surface area contributed by atoms with Gasteiger partial charge in [0.05, 0.1) is 4.90 Å². The van der Waals surface area contributed by atoms with Crippen molar-refractivity contribution in [3.05, 3.63) is 30.1 Å². The fourth-order valence-electron chi connectivity index (χ4n) is 2.07. The Kier molecular flexibility index (Phi) is 2.70. The molecule has 0 spiro atoms. The molecule has 0 saturated heterocycles. The van der Waals surface area contributed by atoms with E-state index in [0.29, 0.717) is 16.6 Å². The van der Waals surface area contributed by atoms with Crippen molar-refractivity contribution in [1.82, 2.24) is 14.8 Å². The Bertz CT molecular complexity index is 713. The SMILES string of the molecule is Cn1nc(-c2ccc(S(C)(=O)=O)cc2)nc1C1CC1. The number of aryl methyl sites for hydroxylation is 1. The summed E-state index contributed by atoms with van der Waals surface area (Å²) in [7, 11) is -1.26. The normalized spacial score (nSPS) is 15.7. The molecule has 5 nitrogen and oxygen atoms in total.